The van der Waals surface area contributed by atoms with Crippen molar-refractivity contribution in [2.24, 2.45) is 5.73 Å². The van der Waals surface area contributed by atoms with Crippen LogP contribution >= 0.6 is 24.8 Å². The fourth-order valence-corrected chi connectivity index (χ4v) is 2.30. The number of likely N-dealkylation sites (tertiary alicyclic amines) is 1. The monoisotopic (exact) mass is 308 g/mol. The number of aromatic nitrogens is 2. The molecule has 1 atom stereocenters. The van der Waals surface area contributed by atoms with Crippen LogP contribution in [0.15, 0.2) is 6.07 Å². The van der Waals surface area contributed by atoms with Crippen LogP contribution in [0.25, 0.3) is 0 Å². The van der Waals surface area contributed by atoms with Crippen LogP contribution in [-0.2, 0) is 11.3 Å². The molecule has 0 bridgehead atoms. The summed E-state index contributed by atoms with van der Waals surface area (Å²) in [6.07, 6.45) is 2.02. The highest BCUT2D eigenvalue weighted by atomic mass is 35.5. The topological polar surface area (TPSA) is 64.2 Å². The quantitative estimate of drug-likeness (QED) is 0.895. The van der Waals surface area contributed by atoms with Crippen LogP contribution in [0.2, 0.25) is 0 Å². The lowest BCUT2D eigenvalue weighted by atomic mass is 10.1. The van der Waals surface area contributed by atoms with Gasteiger partial charge in [0.05, 0.1) is 5.69 Å². The van der Waals surface area contributed by atoms with Crippen molar-refractivity contribution in [1.29, 1.82) is 0 Å². The third-order valence-corrected chi connectivity index (χ3v) is 3.20. The van der Waals surface area contributed by atoms with Crippen LogP contribution in [0.4, 0.5) is 0 Å². The van der Waals surface area contributed by atoms with Gasteiger partial charge in [0.25, 0.3) is 0 Å². The number of amides is 1. The summed E-state index contributed by atoms with van der Waals surface area (Å²) in [5.74, 6) is 0.117. The molecule has 7 heteroatoms. The Balaban J connectivity index is 0.00000162. The van der Waals surface area contributed by atoms with Gasteiger partial charge in [-0.3, -0.25) is 9.48 Å². The van der Waals surface area contributed by atoms with Crippen LogP contribution in [0.1, 0.15) is 24.2 Å². The Labute approximate surface area is 126 Å². The van der Waals surface area contributed by atoms with Crippen LogP contribution in [0, 0.1) is 13.8 Å². The fourth-order valence-electron chi connectivity index (χ4n) is 2.30. The third kappa shape index (κ3) is 4.67. The van der Waals surface area contributed by atoms with Gasteiger partial charge in [-0.15, -0.1) is 24.8 Å². The highest BCUT2D eigenvalue weighted by molar-refractivity contribution is 5.85. The van der Waals surface area contributed by atoms with Crippen molar-refractivity contribution < 1.29 is 4.79 Å². The van der Waals surface area contributed by atoms with Gasteiger partial charge in [-0.05, 0) is 32.8 Å². The van der Waals surface area contributed by atoms with E-state index in [1.54, 1.807) is 4.68 Å². The Kier molecular flexibility index (Phi) is 7.41. The lowest BCUT2D eigenvalue weighted by molar-refractivity contribution is -0.133. The fraction of sp³-hybridized carbons (Fsp3) is 0.667. The summed E-state index contributed by atoms with van der Waals surface area (Å²) >= 11 is 0. The van der Waals surface area contributed by atoms with E-state index < -0.39 is 0 Å². The SMILES string of the molecule is Cc1cc(C)n(CC(=O)N2CCCC(N)C2)n1.Cl.Cl. The van der Waals surface area contributed by atoms with Crippen molar-refractivity contribution in [2.75, 3.05) is 13.1 Å². The smallest absolute Gasteiger partial charge is 0.244 e. The molecule has 2 rings (SSSR count). The third-order valence-electron chi connectivity index (χ3n) is 3.20. The van der Waals surface area contributed by atoms with Crippen molar-refractivity contribution in [2.45, 2.75) is 39.3 Å². The number of rotatable bonds is 2. The minimum Gasteiger partial charge on any atom is -0.340 e. The molecular formula is C12H22Cl2N4O. The summed E-state index contributed by atoms with van der Waals surface area (Å²) in [6, 6.07) is 2.11. The molecule has 110 valence electrons. The number of halogens is 2. The molecule has 0 radical (unpaired) electrons. The molecule has 1 saturated heterocycles. The molecule has 0 spiro atoms. The maximum Gasteiger partial charge on any atom is 0.244 e. The van der Waals surface area contributed by atoms with Gasteiger partial charge in [0, 0.05) is 24.8 Å². The summed E-state index contributed by atoms with van der Waals surface area (Å²) in [5.41, 5.74) is 7.85. The Morgan fingerprint density at radius 3 is 2.68 bits per heavy atom. The molecule has 0 aromatic carbocycles. The van der Waals surface area contributed by atoms with Crippen molar-refractivity contribution in [3.8, 4) is 0 Å². The molecule has 0 aliphatic carbocycles. The molecule has 5 nitrogen and oxygen atoms in total. The molecule has 1 aromatic heterocycles. The number of piperidine rings is 1. The number of nitrogens with two attached hydrogens (primary N) is 1. The number of nitrogens with zero attached hydrogens (tertiary/aromatic N) is 3. The normalized spacial score (nSPS) is 18.5. The molecule has 19 heavy (non-hydrogen) atoms. The first-order chi connectivity index (χ1) is 8.06. The second-order valence-corrected chi connectivity index (χ2v) is 4.83. The number of carbonyl (C=O) groups excluding carboxylic acids is 1. The van der Waals surface area contributed by atoms with Gasteiger partial charge >= 0.3 is 0 Å². The second kappa shape index (κ2) is 7.72. The van der Waals surface area contributed by atoms with E-state index in [9.17, 15) is 4.79 Å². The standard InChI is InChI=1S/C12H20N4O.2ClH/c1-9-6-10(2)16(14-9)8-12(17)15-5-3-4-11(13)7-15;;/h6,11H,3-5,7-8,13H2,1-2H3;2*1H. The molecule has 2 N–H and O–H groups in total. The zero-order valence-electron chi connectivity index (χ0n) is 11.3. The lowest BCUT2D eigenvalue weighted by Crippen LogP contribution is -2.46. The van der Waals surface area contributed by atoms with Gasteiger partial charge < -0.3 is 10.6 Å². The van der Waals surface area contributed by atoms with Gasteiger partial charge in [0.1, 0.15) is 6.54 Å². The van der Waals surface area contributed by atoms with Gasteiger partial charge in [0.2, 0.25) is 5.91 Å². The van der Waals surface area contributed by atoms with Gasteiger partial charge in [0.15, 0.2) is 0 Å². The summed E-state index contributed by atoms with van der Waals surface area (Å²) in [7, 11) is 0. The van der Waals surface area contributed by atoms with Gasteiger partial charge in [-0.25, -0.2) is 0 Å². The Hall–Kier alpha value is -0.780. The van der Waals surface area contributed by atoms with Crippen molar-refractivity contribution in [3.05, 3.63) is 17.5 Å². The molecule has 2 heterocycles. The molecule has 1 aliphatic heterocycles. The lowest BCUT2D eigenvalue weighted by Gasteiger charge is -2.30. The average molecular weight is 309 g/mol. The number of hydrogen-bond donors (Lipinski definition) is 1. The first-order valence-corrected chi connectivity index (χ1v) is 6.10. The average Bonchev–Trinajstić information content (AvgIpc) is 2.57. The summed E-state index contributed by atoms with van der Waals surface area (Å²) in [6.45, 7) is 5.73. The first-order valence-electron chi connectivity index (χ1n) is 6.10. The zero-order valence-corrected chi connectivity index (χ0v) is 13.0. The van der Waals surface area contributed by atoms with E-state index in [0.717, 1.165) is 30.8 Å². The minimum absolute atomic E-state index is 0. The highest BCUT2D eigenvalue weighted by Gasteiger charge is 2.21. The number of carbonyl (C=O) groups is 1. The molecule has 1 unspecified atom stereocenters. The van der Waals surface area contributed by atoms with Crippen molar-refractivity contribution >= 4 is 30.7 Å². The molecule has 1 aliphatic rings. The van der Waals surface area contributed by atoms with Crippen LogP contribution in [0.5, 0.6) is 0 Å². The largest absolute Gasteiger partial charge is 0.340 e. The summed E-state index contributed by atoms with van der Waals surface area (Å²) < 4.78 is 1.76. The molecule has 1 amide bonds. The van der Waals surface area contributed by atoms with E-state index in [-0.39, 0.29) is 36.8 Å². The van der Waals surface area contributed by atoms with E-state index in [4.69, 9.17) is 5.73 Å². The van der Waals surface area contributed by atoms with E-state index in [1.807, 2.05) is 24.8 Å². The first kappa shape index (κ1) is 18.2. The van der Waals surface area contributed by atoms with Gasteiger partial charge in [-0.2, -0.15) is 5.10 Å². The second-order valence-electron chi connectivity index (χ2n) is 4.83. The molecular weight excluding hydrogens is 287 g/mol. The Morgan fingerprint density at radius 1 is 1.47 bits per heavy atom. The molecule has 1 fully saturated rings. The van der Waals surface area contributed by atoms with Crippen LogP contribution in [-0.4, -0.2) is 39.7 Å². The minimum atomic E-state index is 0. The van der Waals surface area contributed by atoms with E-state index in [0.29, 0.717) is 13.1 Å². The number of aryl methyl sites for hydroxylation is 2. The summed E-state index contributed by atoms with van der Waals surface area (Å²) in [4.78, 5) is 13.9. The predicted octanol–water partition coefficient (Wildman–Crippen LogP) is 1.29. The van der Waals surface area contributed by atoms with E-state index >= 15 is 0 Å². The predicted molar refractivity (Wildman–Crippen MR) is 80.0 cm³/mol. The Morgan fingerprint density at radius 2 is 2.16 bits per heavy atom. The maximum absolute atomic E-state index is 12.1. The Bertz CT molecular complexity index is 422. The van der Waals surface area contributed by atoms with Gasteiger partial charge in [-0.1, -0.05) is 0 Å². The molecule has 1 aromatic rings. The highest BCUT2D eigenvalue weighted by Crippen LogP contribution is 2.10. The molecule has 0 saturated carbocycles. The zero-order chi connectivity index (χ0) is 12.4. The van der Waals surface area contributed by atoms with Crippen molar-refractivity contribution in [1.82, 2.24) is 14.7 Å². The van der Waals surface area contributed by atoms with Crippen molar-refractivity contribution in [3.63, 3.8) is 0 Å². The van der Waals surface area contributed by atoms with Crippen LogP contribution in [0.3, 0.4) is 0 Å². The number of hydrogen-bond acceptors (Lipinski definition) is 3. The van der Waals surface area contributed by atoms with E-state index in [1.165, 1.54) is 0 Å². The van der Waals surface area contributed by atoms with Crippen LogP contribution < -0.4 is 5.73 Å². The van der Waals surface area contributed by atoms with E-state index in [2.05, 4.69) is 5.10 Å². The summed E-state index contributed by atoms with van der Waals surface area (Å²) in [5, 5.41) is 4.30. The maximum atomic E-state index is 12.1.